The number of halogens is 1. The zero-order valence-corrected chi connectivity index (χ0v) is 18.5. The molecule has 0 radical (unpaired) electrons. The number of carbonyl (C=O) groups excluding carboxylic acids is 1. The van der Waals surface area contributed by atoms with Crippen LogP contribution in [0.3, 0.4) is 0 Å². The lowest BCUT2D eigenvalue weighted by molar-refractivity contribution is -0.117. The molecule has 0 bridgehead atoms. The molecular formula is C22H28ClN7O. The lowest BCUT2D eigenvalue weighted by Gasteiger charge is -2.34. The van der Waals surface area contributed by atoms with Crippen LogP contribution in [0, 0.1) is 0 Å². The summed E-state index contributed by atoms with van der Waals surface area (Å²) in [5, 5.41) is 6.69. The Balaban J connectivity index is 1.40. The van der Waals surface area contributed by atoms with E-state index < -0.39 is 0 Å². The summed E-state index contributed by atoms with van der Waals surface area (Å²) in [7, 11) is 2.16. The number of hydrogen-bond acceptors (Lipinski definition) is 7. The summed E-state index contributed by atoms with van der Waals surface area (Å²) in [4.78, 5) is 27.3. The van der Waals surface area contributed by atoms with E-state index in [9.17, 15) is 4.79 Å². The van der Waals surface area contributed by atoms with E-state index in [1.807, 2.05) is 12.1 Å². The number of nitrogens with zero attached hydrogens (tertiary/aromatic N) is 5. The van der Waals surface area contributed by atoms with Crippen molar-refractivity contribution in [3.63, 3.8) is 0 Å². The number of benzene rings is 1. The molecule has 2 aliphatic heterocycles. The Labute approximate surface area is 187 Å². The van der Waals surface area contributed by atoms with Crippen LogP contribution in [-0.4, -0.2) is 73.1 Å². The van der Waals surface area contributed by atoms with Gasteiger partial charge in [-0.2, -0.15) is 4.98 Å². The van der Waals surface area contributed by atoms with Gasteiger partial charge in [-0.25, -0.2) is 4.98 Å². The van der Waals surface area contributed by atoms with Crippen molar-refractivity contribution in [3.05, 3.63) is 48.1 Å². The minimum atomic E-state index is -0.164. The van der Waals surface area contributed by atoms with E-state index in [2.05, 4.69) is 61.1 Å². The van der Waals surface area contributed by atoms with E-state index in [4.69, 9.17) is 11.6 Å². The molecular weight excluding hydrogens is 414 g/mol. The summed E-state index contributed by atoms with van der Waals surface area (Å²) in [6.07, 6.45) is 3.73. The molecule has 0 unspecified atom stereocenters. The number of likely N-dealkylation sites (N-methyl/N-ethyl adjacent to an activating group) is 1. The Morgan fingerprint density at radius 3 is 2.61 bits per heavy atom. The van der Waals surface area contributed by atoms with Gasteiger partial charge in [-0.15, -0.1) is 0 Å². The Morgan fingerprint density at radius 1 is 1.16 bits per heavy atom. The summed E-state index contributed by atoms with van der Waals surface area (Å²) in [5.41, 5.74) is 2.14. The van der Waals surface area contributed by atoms with Crippen molar-refractivity contribution in [2.75, 3.05) is 61.4 Å². The standard InChI is InChI=1S/C22H28ClN7O/c1-3-20(31)25-17-8-9-30(15-17)21-19(23)14-24-22(27-21)26-16-4-6-18(7-5-16)29-12-10-28(2)11-13-29/h3-7,14,17H,1,8-13,15H2,2H3,(H,25,31)(H,24,26,27)/t17-/m1/s1. The number of hydrogen-bond donors (Lipinski definition) is 2. The van der Waals surface area contributed by atoms with Crippen LogP contribution in [0.5, 0.6) is 0 Å². The summed E-state index contributed by atoms with van der Waals surface area (Å²) < 4.78 is 0. The van der Waals surface area contributed by atoms with Gasteiger partial charge in [0, 0.05) is 56.7 Å². The number of aromatic nitrogens is 2. The predicted molar refractivity (Wildman–Crippen MR) is 125 cm³/mol. The normalized spacial score (nSPS) is 19.4. The number of amides is 1. The van der Waals surface area contributed by atoms with Crippen molar-refractivity contribution in [1.29, 1.82) is 0 Å². The van der Waals surface area contributed by atoms with Gasteiger partial charge in [0.1, 0.15) is 5.02 Å². The van der Waals surface area contributed by atoms with Crippen molar-refractivity contribution in [2.45, 2.75) is 12.5 Å². The highest BCUT2D eigenvalue weighted by Crippen LogP contribution is 2.28. The van der Waals surface area contributed by atoms with Crippen LogP contribution in [-0.2, 0) is 4.79 Å². The highest BCUT2D eigenvalue weighted by atomic mass is 35.5. The second kappa shape index (κ2) is 9.53. The van der Waals surface area contributed by atoms with Crippen molar-refractivity contribution in [2.24, 2.45) is 0 Å². The van der Waals surface area contributed by atoms with Gasteiger partial charge in [0.15, 0.2) is 5.82 Å². The molecule has 2 aromatic rings. The van der Waals surface area contributed by atoms with Gasteiger partial charge in [-0.3, -0.25) is 4.79 Å². The van der Waals surface area contributed by atoms with Crippen LogP contribution in [0.15, 0.2) is 43.1 Å². The molecule has 1 atom stereocenters. The monoisotopic (exact) mass is 441 g/mol. The van der Waals surface area contributed by atoms with E-state index >= 15 is 0 Å². The summed E-state index contributed by atoms with van der Waals surface area (Å²) in [6, 6.07) is 8.38. The van der Waals surface area contributed by atoms with E-state index in [1.54, 1.807) is 6.20 Å². The van der Waals surface area contributed by atoms with Gasteiger partial charge in [-0.05, 0) is 43.8 Å². The van der Waals surface area contributed by atoms with Gasteiger partial charge in [0.25, 0.3) is 0 Å². The third-order valence-electron chi connectivity index (χ3n) is 5.74. The molecule has 2 fully saturated rings. The van der Waals surface area contributed by atoms with E-state index in [0.717, 1.165) is 44.8 Å². The van der Waals surface area contributed by atoms with Crippen LogP contribution >= 0.6 is 11.6 Å². The lowest BCUT2D eigenvalue weighted by atomic mass is 10.2. The van der Waals surface area contributed by atoms with Crippen LogP contribution in [0.1, 0.15) is 6.42 Å². The maximum Gasteiger partial charge on any atom is 0.243 e. The number of piperazine rings is 1. The maximum atomic E-state index is 11.6. The van der Waals surface area contributed by atoms with E-state index in [0.29, 0.717) is 23.3 Å². The molecule has 2 N–H and O–H groups in total. The van der Waals surface area contributed by atoms with Gasteiger partial charge in [0.2, 0.25) is 11.9 Å². The third-order valence-corrected chi connectivity index (χ3v) is 6.00. The molecule has 0 saturated carbocycles. The number of rotatable bonds is 6. The summed E-state index contributed by atoms with van der Waals surface area (Å²) in [6.45, 7) is 9.15. The molecule has 164 valence electrons. The Morgan fingerprint density at radius 2 is 1.90 bits per heavy atom. The first-order chi connectivity index (χ1) is 15.0. The number of nitrogens with one attached hydrogen (secondary N) is 2. The third kappa shape index (κ3) is 5.26. The molecule has 4 rings (SSSR count). The fourth-order valence-electron chi connectivity index (χ4n) is 3.92. The zero-order chi connectivity index (χ0) is 21.8. The largest absolute Gasteiger partial charge is 0.369 e. The first-order valence-electron chi connectivity index (χ1n) is 10.5. The zero-order valence-electron chi connectivity index (χ0n) is 17.7. The minimum absolute atomic E-state index is 0.0510. The summed E-state index contributed by atoms with van der Waals surface area (Å²) in [5.74, 6) is 0.997. The average Bonchev–Trinajstić information content (AvgIpc) is 3.24. The fourth-order valence-corrected chi connectivity index (χ4v) is 4.13. The molecule has 31 heavy (non-hydrogen) atoms. The maximum absolute atomic E-state index is 11.6. The van der Waals surface area contributed by atoms with Crippen molar-refractivity contribution >= 4 is 40.6 Å². The lowest BCUT2D eigenvalue weighted by Crippen LogP contribution is -2.44. The molecule has 3 heterocycles. The fraction of sp³-hybridized carbons (Fsp3) is 0.409. The van der Waals surface area contributed by atoms with Crippen molar-refractivity contribution in [1.82, 2.24) is 20.2 Å². The van der Waals surface area contributed by atoms with Gasteiger partial charge in [0.05, 0.1) is 6.20 Å². The quantitative estimate of drug-likeness (QED) is 0.667. The molecule has 8 nitrogen and oxygen atoms in total. The number of anilines is 4. The predicted octanol–water partition coefficient (Wildman–Crippen LogP) is 2.51. The topological polar surface area (TPSA) is 76.6 Å². The second-order valence-electron chi connectivity index (χ2n) is 7.97. The molecule has 1 aromatic carbocycles. The average molecular weight is 442 g/mol. The SMILES string of the molecule is C=CC(=O)N[C@@H]1CCN(c2nc(Nc3ccc(N4CCN(C)CC4)cc3)ncc2Cl)C1. The van der Waals surface area contributed by atoms with Crippen LogP contribution in [0.25, 0.3) is 0 Å². The molecule has 0 spiro atoms. The van der Waals surface area contributed by atoms with Gasteiger partial charge >= 0.3 is 0 Å². The Kier molecular flexibility index (Phi) is 6.58. The molecule has 9 heteroatoms. The van der Waals surface area contributed by atoms with E-state index in [-0.39, 0.29) is 11.9 Å². The van der Waals surface area contributed by atoms with E-state index in [1.165, 1.54) is 11.8 Å². The molecule has 2 saturated heterocycles. The smallest absolute Gasteiger partial charge is 0.243 e. The Bertz CT molecular complexity index is 928. The molecule has 1 amide bonds. The first-order valence-corrected chi connectivity index (χ1v) is 10.9. The first kappa shape index (κ1) is 21.4. The highest BCUT2D eigenvalue weighted by Gasteiger charge is 2.26. The summed E-state index contributed by atoms with van der Waals surface area (Å²) >= 11 is 6.37. The minimum Gasteiger partial charge on any atom is -0.369 e. The molecule has 2 aliphatic rings. The van der Waals surface area contributed by atoms with Crippen molar-refractivity contribution < 1.29 is 4.79 Å². The van der Waals surface area contributed by atoms with Crippen LogP contribution in [0.4, 0.5) is 23.1 Å². The van der Waals surface area contributed by atoms with Crippen LogP contribution in [0.2, 0.25) is 5.02 Å². The van der Waals surface area contributed by atoms with Crippen molar-refractivity contribution in [3.8, 4) is 0 Å². The number of carbonyl (C=O) groups is 1. The Hall–Kier alpha value is -2.84. The highest BCUT2D eigenvalue weighted by molar-refractivity contribution is 6.32. The van der Waals surface area contributed by atoms with Gasteiger partial charge in [-0.1, -0.05) is 18.2 Å². The van der Waals surface area contributed by atoms with Gasteiger partial charge < -0.3 is 25.3 Å². The molecule has 1 aromatic heterocycles. The molecule has 0 aliphatic carbocycles. The van der Waals surface area contributed by atoms with Crippen LogP contribution < -0.4 is 20.4 Å². The second-order valence-corrected chi connectivity index (χ2v) is 8.38.